The zero-order valence-corrected chi connectivity index (χ0v) is 10.5. The smallest absolute Gasteiger partial charge is 0.358 e. The monoisotopic (exact) mass is 244 g/mol. The molecular weight excluding hydrogens is 228 g/mol. The predicted octanol–water partition coefficient (Wildman–Crippen LogP) is 3.04. The molecule has 0 aliphatic carbocycles. The molecule has 0 fully saturated rings. The lowest BCUT2D eigenvalue weighted by Gasteiger charge is -2.15. The highest BCUT2D eigenvalue weighted by atomic mass is 16.8. The van der Waals surface area contributed by atoms with Gasteiger partial charge in [-0.05, 0) is 38.1 Å². The molecule has 0 spiro atoms. The van der Waals surface area contributed by atoms with Gasteiger partial charge in [0.25, 0.3) is 0 Å². The van der Waals surface area contributed by atoms with Crippen molar-refractivity contribution in [3.05, 3.63) is 59.7 Å². The van der Waals surface area contributed by atoms with Crippen molar-refractivity contribution in [2.75, 3.05) is 0 Å². The van der Waals surface area contributed by atoms with Crippen molar-refractivity contribution in [3.8, 4) is 11.5 Å². The molecule has 0 aliphatic heterocycles. The fourth-order valence-corrected chi connectivity index (χ4v) is 1.49. The van der Waals surface area contributed by atoms with Gasteiger partial charge in [-0.3, -0.25) is 0 Å². The molecule has 0 aromatic heterocycles. The SMILES string of the molecule is Cc1ccc(OC(O)Oc2ccc(C)cc2)cc1. The van der Waals surface area contributed by atoms with Gasteiger partial charge in [-0.25, -0.2) is 0 Å². The van der Waals surface area contributed by atoms with Gasteiger partial charge in [-0.2, -0.15) is 0 Å². The molecule has 94 valence electrons. The summed E-state index contributed by atoms with van der Waals surface area (Å²) in [5, 5.41) is 9.65. The first kappa shape index (κ1) is 12.5. The van der Waals surface area contributed by atoms with E-state index in [2.05, 4.69) is 0 Å². The van der Waals surface area contributed by atoms with Gasteiger partial charge >= 0.3 is 6.48 Å². The summed E-state index contributed by atoms with van der Waals surface area (Å²) in [7, 11) is 0. The van der Waals surface area contributed by atoms with Gasteiger partial charge in [0, 0.05) is 0 Å². The molecule has 0 unspecified atom stereocenters. The third-order valence-corrected chi connectivity index (χ3v) is 2.52. The first-order valence-corrected chi connectivity index (χ1v) is 5.78. The normalized spacial score (nSPS) is 10.4. The maximum Gasteiger partial charge on any atom is 0.358 e. The van der Waals surface area contributed by atoms with Crippen LogP contribution in [-0.2, 0) is 0 Å². The van der Waals surface area contributed by atoms with Crippen LogP contribution in [-0.4, -0.2) is 11.6 Å². The molecule has 2 rings (SSSR count). The minimum Gasteiger partial charge on any atom is -0.432 e. The Balaban J connectivity index is 1.94. The molecule has 0 radical (unpaired) electrons. The van der Waals surface area contributed by atoms with E-state index in [1.54, 1.807) is 24.3 Å². The number of hydrogen-bond acceptors (Lipinski definition) is 3. The second kappa shape index (κ2) is 5.56. The Kier molecular flexibility index (Phi) is 3.85. The Morgan fingerprint density at radius 2 is 1.06 bits per heavy atom. The molecule has 2 aromatic rings. The van der Waals surface area contributed by atoms with E-state index in [9.17, 15) is 5.11 Å². The summed E-state index contributed by atoms with van der Waals surface area (Å²) in [6, 6.07) is 14.8. The van der Waals surface area contributed by atoms with Gasteiger partial charge in [0.05, 0.1) is 0 Å². The van der Waals surface area contributed by atoms with Gasteiger partial charge in [-0.15, -0.1) is 0 Å². The molecule has 18 heavy (non-hydrogen) atoms. The Hall–Kier alpha value is -2.00. The number of aryl methyl sites for hydroxylation is 2. The van der Waals surface area contributed by atoms with E-state index < -0.39 is 6.48 Å². The summed E-state index contributed by atoms with van der Waals surface area (Å²) in [4.78, 5) is 0. The average Bonchev–Trinajstić information content (AvgIpc) is 2.35. The Bertz CT molecular complexity index is 441. The number of benzene rings is 2. The van der Waals surface area contributed by atoms with E-state index in [0.29, 0.717) is 11.5 Å². The third kappa shape index (κ3) is 3.50. The lowest BCUT2D eigenvalue weighted by molar-refractivity contribution is -0.160. The number of rotatable bonds is 4. The first-order chi connectivity index (χ1) is 8.63. The van der Waals surface area contributed by atoms with E-state index in [4.69, 9.17) is 9.47 Å². The molecule has 0 aliphatic rings. The maximum atomic E-state index is 9.65. The fraction of sp³-hybridized carbons (Fsp3) is 0.200. The fourth-order valence-electron chi connectivity index (χ4n) is 1.49. The molecule has 0 amide bonds. The number of aliphatic hydroxyl groups excluding tert-OH is 1. The Labute approximate surface area is 107 Å². The zero-order chi connectivity index (χ0) is 13.0. The van der Waals surface area contributed by atoms with Crippen LogP contribution in [0.1, 0.15) is 11.1 Å². The van der Waals surface area contributed by atoms with Crippen LogP contribution in [0.4, 0.5) is 0 Å². The quantitative estimate of drug-likeness (QED) is 0.840. The molecule has 0 saturated carbocycles. The molecule has 0 bridgehead atoms. The van der Waals surface area contributed by atoms with E-state index in [0.717, 1.165) is 11.1 Å². The largest absolute Gasteiger partial charge is 0.432 e. The predicted molar refractivity (Wildman–Crippen MR) is 69.6 cm³/mol. The van der Waals surface area contributed by atoms with Crippen molar-refractivity contribution in [1.82, 2.24) is 0 Å². The van der Waals surface area contributed by atoms with Crippen LogP contribution in [0.2, 0.25) is 0 Å². The zero-order valence-electron chi connectivity index (χ0n) is 10.5. The Morgan fingerprint density at radius 3 is 1.39 bits per heavy atom. The Morgan fingerprint density at radius 1 is 0.722 bits per heavy atom. The molecular formula is C15H16O3. The summed E-state index contributed by atoms with van der Waals surface area (Å²) in [5.41, 5.74) is 2.27. The van der Waals surface area contributed by atoms with Gasteiger partial charge in [-0.1, -0.05) is 35.4 Å². The topological polar surface area (TPSA) is 38.7 Å². The number of hydrogen-bond donors (Lipinski definition) is 1. The number of ether oxygens (including phenoxy) is 2. The van der Waals surface area contributed by atoms with Crippen molar-refractivity contribution >= 4 is 0 Å². The second-order valence-electron chi connectivity index (χ2n) is 4.17. The van der Waals surface area contributed by atoms with Crippen LogP contribution in [0, 0.1) is 13.8 Å². The van der Waals surface area contributed by atoms with Crippen LogP contribution in [0.5, 0.6) is 11.5 Å². The van der Waals surface area contributed by atoms with Crippen LogP contribution >= 0.6 is 0 Å². The van der Waals surface area contributed by atoms with Crippen LogP contribution in [0.3, 0.4) is 0 Å². The minimum absolute atomic E-state index is 0.570. The van der Waals surface area contributed by atoms with E-state index >= 15 is 0 Å². The van der Waals surface area contributed by atoms with Crippen molar-refractivity contribution in [2.24, 2.45) is 0 Å². The van der Waals surface area contributed by atoms with E-state index in [-0.39, 0.29) is 0 Å². The minimum atomic E-state index is -1.31. The standard InChI is InChI=1S/C15H16O3/c1-11-3-7-13(8-4-11)17-15(16)18-14-9-5-12(2)6-10-14/h3-10,15-16H,1-2H3. The molecule has 0 atom stereocenters. The molecule has 0 saturated heterocycles. The van der Waals surface area contributed by atoms with Crippen molar-refractivity contribution in [3.63, 3.8) is 0 Å². The van der Waals surface area contributed by atoms with Gasteiger partial charge in [0.1, 0.15) is 11.5 Å². The summed E-state index contributed by atoms with van der Waals surface area (Å²) >= 11 is 0. The van der Waals surface area contributed by atoms with Gasteiger partial charge in [0.2, 0.25) is 0 Å². The van der Waals surface area contributed by atoms with Gasteiger partial charge < -0.3 is 14.6 Å². The highest BCUT2D eigenvalue weighted by Gasteiger charge is 2.07. The lowest BCUT2D eigenvalue weighted by Crippen LogP contribution is -2.22. The highest BCUT2D eigenvalue weighted by Crippen LogP contribution is 2.16. The molecule has 1 N–H and O–H groups in total. The summed E-state index contributed by atoms with van der Waals surface area (Å²) in [5.74, 6) is 1.14. The van der Waals surface area contributed by atoms with Crippen LogP contribution in [0.15, 0.2) is 48.5 Å². The molecule has 3 nitrogen and oxygen atoms in total. The van der Waals surface area contributed by atoms with Crippen molar-refractivity contribution in [2.45, 2.75) is 20.3 Å². The van der Waals surface area contributed by atoms with Crippen LogP contribution < -0.4 is 9.47 Å². The second-order valence-corrected chi connectivity index (χ2v) is 4.17. The number of aliphatic hydroxyl groups is 1. The summed E-state index contributed by atoms with van der Waals surface area (Å²) in [6.45, 7) is 2.67. The summed E-state index contributed by atoms with van der Waals surface area (Å²) < 4.78 is 10.5. The maximum absolute atomic E-state index is 9.65. The third-order valence-electron chi connectivity index (χ3n) is 2.52. The van der Waals surface area contributed by atoms with Gasteiger partial charge in [0.15, 0.2) is 0 Å². The molecule has 0 heterocycles. The van der Waals surface area contributed by atoms with Crippen LogP contribution in [0.25, 0.3) is 0 Å². The summed E-state index contributed by atoms with van der Waals surface area (Å²) in [6.07, 6.45) is 0. The van der Waals surface area contributed by atoms with E-state index in [1.165, 1.54) is 0 Å². The molecule has 2 aromatic carbocycles. The first-order valence-electron chi connectivity index (χ1n) is 5.78. The lowest BCUT2D eigenvalue weighted by atomic mass is 10.2. The molecule has 3 heteroatoms. The average molecular weight is 244 g/mol. The van der Waals surface area contributed by atoms with Crippen molar-refractivity contribution in [1.29, 1.82) is 0 Å². The van der Waals surface area contributed by atoms with Crippen molar-refractivity contribution < 1.29 is 14.6 Å². The van der Waals surface area contributed by atoms with E-state index in [1.807, 2.05) is 38.1 Å². The highest BCUT2D eigenvalue weighted by molar-refractivity contribution is 5.27.